The Labute approximate surface area is 139 Å². The van der Waals surface area contributed by atoms with Gasteiger partial charge in [0.1, 0.15) is 17.3 Å². The molecule has 0 aliphatic carbocycles. The van der Waals surface area contributed by atoms with Gasteiger partial charge in [0, 0.05) is 24.4 Å². The maximum atomic E-state index is 13.3. The Bertz CT molecular complexity index is 735. The number of nitrogens with one attached hydrogen (secondary N) is 2. The molecule has 0 saturated carbocycles. The molecule has 0 fully saturated rings. The quantitative estimate of drug-likeness (QED) is 0.847. The van der Waals surface area contributed by atoms with E-state index < -0.39 is 11.6 Å². The summed E-state index contributed by atoms with van der Waals surface area (Å²) in [6.45, 7) is 6.36. The first-order valence-corrected chi connectivity index (χ1v) is 7.71. The number of carbonyl (C=O) groups is 1. The molecule has 1 heterocycles. The number of benzene rings is 1. The Morgan fingerprint density at radius 2 is 1.92 bits per heavy atom. The van der Waals surface area contributed by atoms with Crippen LogP contribution in [-0.2, 0) is 0 Å². The molecule has 2 rings (SSSR count). The second-order valence-electron chi connectivity index (χ2n) is 5.88. The summed E-state index contributed by atoms with van der Waals surface area (Å²) in [7, 11) is 0. The van der Waals surface area contributed by atoms with Crippen LogP contribution in [0.4, 0.5) is 20.3 Å². The van der Waals surface area contributed by atoms with Crippen LogP contribution >= 0.6 is 0 Å². The van der Waals surface area contributed by atoms with Crippen molar-refractivity contribution in [2.75, 3.05) is 11.9 Å². The molecule has 1 amide bonds. The largest absolute Gasteiger partial charge is 0.351 e. The molecule has 0 aliphatic heterocycles. The Morgan fingerprint density at radius 1 is 1.17 bits per heavy atom. The summed E-state index contributed by atoms with van der Waals surface area (Å²) in [5.41, 5.74) is 0.550. The van der Waals surface area contributed by atoms with E-state index in [0.717, 1.165) is 18.6 Å². The van der Waals surface area contributed by atoms with Gasteiger partial charge in [-0.25, -0.2) is 18.7 Å². The average molecular weight is 334 g/mol. The van der Waals surface area contributed by atoms with Gasteiger partial charge < -0.3 is 10.6 Å². The minimum atomic E-state index is -0.961. The molecule has 0 bridgehead atoms. The number of aromatic nitrogens is 2. The highest BCUT2D eigenvalue weighted by molar-refractivity contribution is 5.93. The lowest BCUT2D eigenvalue weighted by atomic mass is 10.1. The van der Waals surface area contributed by atoms with Crippen LogP contribution in [0.1, 0.15) is 36.6 Å². The molecule has 2 aromatic rings. The van der Waals surface area contributed by atoms with Gasteiger partial charge in [-0.3, -0.25) is 4.79 Å². The van der Waals surface area contributed by atoms with Crippen molar-refractivity contribution in [3.63, 3.8) is 0 Å². The van der Waals surface area contributed by atoms with Gasteiger partial charge >= 0.3 is 0 Å². The number of anilines is 2. The third-order valence-corrected chi connectivity index (χ3v) is 3.27. The zero-order valence-electron chi connectivity index (χ0n) is 13.9. The van der Waals surface area contributed by atoms with Crippen molar-refractivity contribution in [3.8, 4) is 0 Å². The van der Waals surface area contributed by atoms with Gasteiger partial charge in [0.15, 0.2) is 11.6 Å². The summed E-state index contributed by atoms with van der Waals surface area (Å²) in [6, 6.07) is 4.90. The minimum absolute atomic E-state index is 0.219. The van der Waals surface area contributed by atoms with Crippen molar-refractivity contribution < 1.29 is 13.6 Å². The van der Waals surface area contributed by atoms with Crippen LogP contribution in [0, 0.1) is 24.5 Å². The smallest absolute Gasteiger partial charge is 0.270 e. The predicted molar refractivity (Wildman–Crippen MR) is 88.2 cm³/mol. The van der Waals surface area contributed by atoms with Crippen LogP contribution in [0.3, 0.4) is 0 Å². The molecular formula is C17H20F2N4O. The van der Waals surface area contributed by atoms with Gasteiger partial charge in [0.25, 0.3) is 5.91 Å². The normalized spacial score (nSPS) is 10.8. The molecule has 0 unspecified atom stereocenters. The fourth-order valence-electron chi connectivity index (χ4n) is 2.03. The van der Waals surface area contributed by atoms with Crippen molar-refractivity contribution in [2.45, 2.75) is 27.2 Å². The predicted octanol–water partition coefficient (Wildman–Crippen LogP) is 3.58. The highest BCUT2D eigenvalue weighted by Crippen LogP contribution is 2.18. The highest BCUT2D eigenvalue weighted by Gasteiger charge is 2.11. The molecule has 0 aliphatic rings. The first kappa shape index (κ1) is 17.8. The molecule has 0 spiro atoms. The zero-order valence-corrected chi connectivity index (χ0v) is 13.9. The maximum absolute atomic E-state index is 13.3. The van der Waals surface area contributed by atoms with Gasteiger partial charge in [-0.15, -0.1) is 0 Å². The third kappa shape index (κ3) is 4.97. The van der Waals surface area contributed by atoms with E-state index in [4.69, 9.17) is 0 Å². The van der Waals surface area contributed by atoms with E-state index in [9.17, 15) is 13.6 Å². The molecule has 0 radical (unpaired) electrons. The van der Waals surface area contributed by atoms with Crippen LogP contribution in [0.5, 0.6) is 0 Å². The van der Waals surface area contributed by atoms with Gasteiger partial charge in [-0.2, -0.15) is 0 Å². The summed E-state index contributed by atoms with van der Waals surface area (Å²) >= 11 is 0. The maximum Gasteiger partial charge on any atom is 0.270 e. The van der Waals surface area contributed by atoms with Crippen molar-refractivity contribution in [1.29, 1.82) is 0 Å². The molecule has 5 nitrogen and oxygen atoms in total. The van der Waals surface area contributed by atoms with Crippen LogP contribution < -0.4 is 10.6 Å². The molecule has 0 saturated heterocycles. The van der Waals surface area contributed by atoms with Crippen molar-refractivity contribution in [3.05, 3.63) is 47.4 Å². The summed E-state index contributed by atoms with van der Waals surface area (Å²) < 4.78 is 26.2. The Morgan fingerprint density at radius 3 is 2.58 bits per heavy atom. The summed E-state index contributed by atoms with van der Waals surface area (Å²) in [5.74, 6) is -0.960. The SMILES string of the molecule is Cc1nc(Nc2ccc(F)c(F)c2)cc(C(=O)NCCC(C)C)n1. The number of carbonyl (C=O) groups excluding carboxylic acids is 1. The second kappa shape index (κ2) is 7.81. The monoisotopic (exact) mass is 334 g/mol. The Balaban J connectivity index is 2.12. The lowest BCUT2D eigenvalue weighted by Gasteiger charge is -2.10. The van der Waals surface area contributed by atoms with Crippen LogP contribution in [0.15, 0.2) is 24.3 Å². The fourth-order valence-corrected chi connectivity index (χ4v) is 2.03. The summed E-state index contributed by atoms with van der Waals surface area (Å²) in [5, 5.41) is 5.64. The summed E-state index contributed by atoms with van der Waals surface area (Å²) in [4.78, 5) is 20.4. The van der Waals surface area contributed by atoms with E-state index in [2.05, 4.69) is 34.4 Å². The van der Waals surface area contributed by atoms with Crippen LogP contribution in [0.2, 0.25) is 0 Å². The Hall–Kier alpha value is -2.57. The highest BCUT2D eigenvalue weighted by atomic mass is 19.2. The Kier molecular flexibility index (Phi) is 5.78. The number of halogens is 2. The standard InChI is InChI=1S/C17H20F2N4O/c1-10(2)6-7-20-17(24)15-9-16(22-11(3)21-15)23-12-4-5-13(18)14(19)8-12/h4-5,8-10H,6-7H2,1-3H3,(H,20,24)(H,21,22,23). The van der Waals surface area contributed by atoms with E-state index in [1.807, 2.05) is 0 Å². The molecule has 7 heteroatoms. The van der Waals surface area contributed by atoms with Crippen LogP contribution in [-0.4, -0.2) is 22.4 Å². The van der Waals surface area contributed by atoms with E-state index in [-0.39, 0.29) is 11.6 Å². The van der Waals surface area contributed by atoms with E-state index >= 15 is 0 Å². The average Bonchev–Trinajstić information content (AvgIpc) is 2.50. The van der Waals surface area contributed by atoms with Crippen molar-refractivity contribution >= 4 is 17.4 Å². The third-order valence-electron chi connectivity index (χ3n) is 3.27. The van der Waals surface area contributed by atoms with Crippen molar-refractivity contribution in [1.82, 2.24) is 15.3 Å². The van der Waals surface area contributed by atoms with Crippen LogP contribution in [0.25, 0.3) is 0 Å². The molecule has 128 valence electrons. The first-order valence-electron chi connectivity index (χ1n) is 7.71. The number of rotatable bonds is 6. The van der Waals surface area contributed by atoms with Crippen molar-refractivity contribution in [2.24, 2.45) is 5.92 Å². The second-order valence-corrected chi connectivity index (χ2v) is 5.88. The van der Waals surface area contributed by atoms with Gasteiger partial charge in [0.05, 0.1) is 0 Å². The number of nitrogens with zero attached hydrogens (tertiary/aromatic N) is 2. The molecule has 1 aromatic heterocycles. The van der Waals surface area contributed by atoms with E-state index in [0.29, 0.717) is 29.8 Å². The number of hydrogen-bond acceptors (Lipinski definition) is 4. The topological polar surface area (TPSA) is 66.9 Å². The van der Waals surface area contributed by atoms with E-state index in [1.54, 1.807) is 6.92 Å². The van der Waals surface area contributed by atoms with Gasteiger partial charge in [-0.05, 0) is 31.4 Å². The number of amides is 1. The molecular weight excluding hydrogens is 314 g/mol. The first-order chi connectivity index (χ1) is 11.3. The lowest BCUT2D eigenvalue weighted by Crippen LogP contribution is -2.26. The number of hydrogen-bond donors (Lipinski definition) is 2. The van der Waals surface area contributed by atoms with Gasteiger partial charge in [-0.1, -0.05) is 13.8 Å². The molecule has 1 aromatic carbocycles. The number of aryl methyl sites for hydroxylation is 1. The lowest BCUT2D eigenvalue weighted by molar-refractivity contribution is 0.0946. The van der Waals surface area contributed by atoms with Gasteiger partial charge in [0.2, 0.25) is 0 Å². The summed E-state index contributed by atoms with van der Waals surface area (Å²) in [6.07, 6.45) is 0.871. The molecule has 24 heavy (non-hydrogen) atoms. The minimum Gasteiger partial charge on any atom is -0.351 e. The molecule has 0 atom stereocenters. The fraction of sp³-hybridized carbons (Fsp3) is 0.353. The zero-order chi connectivity index (χ0) is 17.7. The van der Waals surface area contributed by atoms with E-state index in [1.165, 1.54) is 12.1 Å². The molecule has 2 N–H and O–H groups in total.